The van der Waals surface area contributed by atoms with E-state index in [1.165, 1.54) is 18.9 Å². The first-order chi connectivity index (χ1) is 12.4. The summed E-state index contributed by atoms with van der Waals surface area (Å²) < 4.78 is 11.9. The molecule has 2 heterocycles. The Morgan fingerprint density at radius 2 is 2.15 bits per heavy atom. The molecular weight excluding hydrogens is 356 g/mol. The Morgan fingerprint density at radius 3 is 2.73 bits per heavy atom. The summed E-state index contributed by atoms with van der Waals surface area (Å²) in [5.74, 6) is 0.849. The Kier molecular flexibility index (Phi) is 6.84. The van der Waals surface area contributed by atoms with Crippen LogP contribution in [0.5, 0.6) is 0 Å². The van der Waals surface area contributed by atoms with Crippen molar-refractivity contribution in [1.29, 1.82) is 0 Å². The first kappa shape index (κ1) is 20.0. The molecule has 1 N–H and O–H groups in total. The van der Waals surface area contributed by atoms with Gasteiger partial charge in [-0.1, -0.05) is 32.0 Å². The molecule has 2 rings (SSSR count). The number of nitrogens with one attached hydrogen (secondary N) is 1. The number of ether oxygens (including phenoxy) is 1. The van der Waals surface area contributed by atoms with Crippen molar-refractivity contribution in [2.45, 2.75) is 38.4 Å². The molecule has 0 saturated carbocycles. The van der Waals surface area contributed by atoms with Crippen LogP contribution in [0.2, 0.25) is 0 Å². The Balaban J connectivity index is 2.00. The highest BCUT2D eigenvalue weighted by Crippen LogP contribution is 2.25. The predicted molar refractivity (Wildman–Crippen MR) is 97.6 cm³/mol. The molecule has 0 aromatic carbocycles. The molecule has 142 valence electrons. The summed E-state index contributed by atoms with van der Waals surface area (Å²) in [5.41, 5.74) is 0.860. The van der Waals surface area contributed by atoms with Crippen molar-refractivity contribution in [2.24, 2.45) is 13.0 Å². The summed E-state index contributed by atoms with van der Waals surface area (Å²) in [4.78, 5) is 24.1. The zero-order valence-corrected chi connectivity index (χ0v) is 16.4. The van der Waals surface area contributed by atoms with Gasteiger partial charge >= 0.3 is 5.97 Å². The number of carbonyl (C=O) groups is 2. The minimum Gasteiger partial charge on any atom is -0.469 e. The molecule has 9 heteroatoms. The van der Waals surface area contributed by atoms with E-state index in [4.69, 9.17) is 9.15 Å². The fourth-order valence-electron chi connectivity index (χ4n) is 2.43. The number of rotatable bonds is 8. The topological polar surface area (TPSA) is 99.3 Å². The van der Waals surface area contributed by atoms with Crippen LogP contribution in [0.25, 0.3) is 11.4 Å². The first-order valence-electron chi connectivity index (χ1n) is 8.32. The molecular formula is C17H24N4O4S. The van der Waals surface area contributed by atoms with Gasteiger partial charge in [0.25, 0.3) is 0 Å². The van der Waals surface area contributed by atoms with Crippen LogP contribution in [0.1, 0.15) is 26.0 Å². The van der Waals surface area contributed by atoms with Gasteiger partial charge in [0.1, 0.15) is 11.8 Å². The van der Waals surface area contributed by atoms with E-state index in [0.717, 1.165) is 17.7 Å². The van der Waals surface area contributed by atoms with Crippen molar-refractivity contribution < 1.29 is 18.7 Å². The van der Waals surface area contributed by atoms with Crippen molar-refractivity contribution >= 4 is 23.6 Å². The predicted octanol–water partition coefficient (Wildman–Crippen LogP) is 2.18. The molecule has 0 radical (unpaired) electrons. The number of furan rings is 1. The van der Waals surface area contributed by atoms with Gasteiger partial charge in [-0.15, -0.1) is 10.2 Å². The minimum atomic E-state index is -0.651. The average Bonchev–Trinajstić information content (AvgIpc) is 3.21. The van der Waals surface area contributed by atoms with E-state index in [0.29, 0.717) is 11.0 Å². The van der Waals surface area contributed by atoms with E-state index >= 15 is 0 Å². The van der Waals surface area contributed by atoms with Crippen LogP contribution in [0.3, 0.4) is 0 Å². The normalized spacial score (nSPS) is 13.3. The number of carbonyl (C=O) groups excluding carboxylic acids is 2. The van der Waals surface area contributed by atoms with E-state index in [1.807, 2.05) is 38.5 Å². The van der Waals surface area contributed by atoms with Gasteiger partial charge in [-0.25, -0.2) is 4.79 Å². The van der Waals surface area contributed by atoms with Gasteiger partial charge in [0, 0.05) is 7.05 Å². The van der Waals surface area contributed by atoms with E-state index in [9.17, 15) is 9.59 Å². The summed E-state index contributed by atoms with van der Waals surface area (Å²) in [7, 11) is 3.15. The number of amides is 1. The third-order valence-corrected chi connectivity index (χ3v) is 5.27. The van der Waals surface area contributed by atoms with E-state index in [2.05, 4.69) is 15.5 Å². The van der Waals surface area contributed by atoms with Crippen LogP contribution < -0.4 is 5.32 Å². The highest BCUT2D eigenvalue weighted by Gasteiger charge is 2.26. The SMILES string of the molecule is CC[C@@H](C)[C@@H](NC(=O)CSc1nnc(-c2ccoc2C)n1C)C(=O)OC. The van der Waals surface area contributed by atoms with Crippen LogP contribution in [0.15, 0.2) is 21.9 Å². The van der Waals surface area contributed by atoms with Crippen molar-refractivity contribution in [3.05, 3.63) is 18.1 Å². The van der Waals surface area contributed by atoms with Crippen molar-refractivity contribution in [3.8, 4) is 11.4 Å². The monoisotopic (exact) mass is 380 g/mol. The maximum atomic E-state index is 12.3. The molecule has 0 bridgehead atoms. The first-order valence-corrected chi connectivity index (χ1v) is 9.31. The lowest BCUT2D eigenvalue weighted by Crippen LogP contribution is -2.46. The number of nitrogens with zero attached hydrogens (tertiary/aromatic N) is 3. The van der Waals surface area contributed by atoms with Crippen LogP contribution in [0, 0.1) is 12.8 Å². The standard InChI is InChI=1S/C17H24N4O4S/c1-6-10(2)14(16(23)24-5)18-13(22)9-26-17-20-19-15(21(17)4)12-7-8-25-11(12)3/h7-8,10,14H,6,9H2,1-5H3,(H,18,22)/t10-,14-/m1/s1. The number of methoxy groups -OCH3 is 1. The van der Waals surface area contributed by atoms with Crippen LogP contribution in [-0.4, -0.2) is 45.5 Å². The van der Waals surface area contributed by atoms with Gasteiger partial charge in [0.15, 0.2) is 11.0 Å². The molecule has 0 spiro atoms. The fraction of sp³-hybridized carbons (Fsp3) is 0.529. The summed E-state index contributed by atoms with van der Waals surface area (Å²) in [6.07, 6.45) is 2.35. The summed E-state index contributed by atoms with van der Waals surface area (Å²) in [6.45, 7) is 5.71. The lowest BCUT2D eigenvalue weighted by Gasteiger charge is -2.21. The molecule has 0 fully saturated rings. The summed E-state index contributed by atoms with van der Waals surface area (Å²) >= 11 is 1.25. The van der Waals surface area contributed by atoms with Gasteiger partial charge in [0.2, 0.25) is 5.91 Å². The highest BCUT2D eigenvalue weighted by atomic mass is 32.2. The van der Waals surface area contributed by atoms with Crippen LogP contribution >= 0.6 is 11.8 Å². The largest absolute Gasteiger partial charge is 0.469 e. The van der Waals surface area contributed by atoms with Gasteiger partial charge in [0.05, 0.1) is 24.7 Å². The average molecular weight is 380 g/mol. The Labute approximate surface area is 156 Å². The van der Waals surface area contributed by atoms with E-state index in [-0.39, 0.29) is 17.6 Å². The van der Waals surface area contributed by atoms with Gasteiger partial charge in [-0.3, -0.25) is 4.79 Å². The van der Waals surface area contributed by atoms with Gasteiger partial charge in [-0.2, -0.15) is 0 Å². The quantitative estimate of drug-likeness (QED) is 0.553. The third-order valence-electron chi connectivity index (χ3n) is 4.25. The molecule has 2 aromatic rings. The Bertz CT molecular complexity index is 771. The van der Waals surface area contributed by atoms with Crippen molar-refractivity contribution in [1.82, 2.24) is 20.1 Å². The van der Waals surface area contributed by atoms with E-state index in [1.54, 1.807) is 6.26 Å². The molecule has 2 atom stereocenters. The molecule has 8 nitrogen and oxygen atoms in total. The number of aryl methyl sites for hydroxylation is 1. The molecule has 1 amide bonds. The zero-order chi connectivity index (χ0) is 19.3. The number of thioether (sulfide) groups is 1. The molecule has 0 aliphatic heterocycles. The van der Waals surface area contributed by atoms with Gasteiger partial charge < -0.3 is 19.0 Å². The lowest BCUT2D eigenvalue weighted by atomic mass is 9.99. The third kappa shape index (κ3) is 4.46. The number of esters is 1. The Hall–Kier alpha value is -2.29. The molecule has 0 saturated heterocycles. The number of hydrogen-bond donors (Lipinski definition) is 1. The molecule has 0 aliphatic carbocycles. The van der Waals surface area contributed by atoms with E-state index < -0.39 is 12.0 Å². The molecule has 2 aromatic heterocycles. The maximum absolute atomic E-state index is 12.3. The molecule has 26 heavy (non-hydrogen) atoms. The second-order valence-corrected chi connectivity index (χ2v) is 6.94. The molecule has 0 aliphatic rings. The number of hydrogen-bond acceptors (Lipinski definition) is 7. The van der Waals surface area contributed by atoms with Crippen LogP contribution in [-0.2, 0) is 21.4 Å². The van der Waals surface area contributed by atoms with Crippen molar-refractivity contribution in [2.75, 3.05) is 12.9 Å². The second kappa shape index (κ2) is 8.88. The Morgan fingerprint density at radius 1 is 1.42 bits per heavy atom. The summed E-state index contributed by atoms with van der Waals surface area (Å²) in [5, 5.41) is 11.6. The fourth-order valence-corrected chi connectivity index (χ4v) is 3.16. The van der Waals surface area contributed by atoms with Crippen LogP contribution in [0.4, 0.5) is 0 Å². The molecule has 0 unspecified atom stereocenters. The maximum Gasteiger partial charge on any atom is 0.328 e. The van der Waals surface area contributed by atoms with Crippen molar-refractivity contribution in [3.63, 3.8) is 0 Å². The highest BCUT2D eigenvalue weighted by molar-refractivity contribution is 7.99. The second-order valence-electron chi connectivity index (χ2n) is 6.00. The smallest absolute Gasteiger partial charge is 0.328 e. The lowest BCUT2D eigenvalue weighted by molar-refractivity contribution is -0.146. The minimum absolute atomic E-state index is 0.0121. The van der Waals surface area contributed by atoms with Gasteiger partial charge in [-0.05, 0) is 18.9 Å². The number of aromatic nitrogens is 3. The summed E-state index contributed by atoms with van der Waals surface area (Å²) in [6, 6.07) is 1.18. The zero-order valence-electron chi connectivity index (χ0n) is 15.6.